The average Bonchev–Trinajstić information content (AvgIpc) is 3.08. The molecule has 0 bridgehead atoms. The van der Waals surface area contributed by atoms with Gasteiger partial charge in [0, 0.05) is 19.0 Å². The molecule has 0 saturated carbocycles. The van der Waals surface area contributed by atoms with Crippen LogP contribution in [0.3, 0.4) is 0 Å². The molecular weight excluding hydrogens is 575 g/mol. The number of rotatable bonds is 6. The molecule has 3 rings (SSSR count). The van der Waals surface area contributed by atoms with E-state index in [0.29, 0.717) is 17.9 Å². The molecule has 9 heteroatoms. The predicted molar refractivity (Wildman–Crippen MR) is 195 cm³/mol. The molecule has 0 aliphatic carbocycles. The van der Waals surface area contributed by atoms with Crippen molar-refractivity contribution in [1.29, 1.82) is 0 Å². The Morgan fingerprint density at radius 2 is 1.39 bits per heavy atom. The number of aliphatic hydroxyl groups is 1. The SMILES string of the molecule is C=C(N)c1ccc(C)cc1.CC.CC.CC.CCCC.CO.CS.Cc1ccc(NC(=O)c2cc(F)ccc2NC=O)nc1. The van der Waals surface area contributed by atoms with Crippen molar-refractivity contribution >= 4 is 42.1 Å². The normalized spacial score (nSPS) is 7.98. The van der Waals surface area contributed by atoms with Gasteiger partial charge in [-0.05, 0) is 55.5 Å². The van der Waals surface area contributed by atoms with Crippen LogP contribution in [0.5, 0.6) is 0 Å². The largest absolute Gasteiger partial charge is 0.400 e. The van der Waals surface area contributed by atoms with E-state index in [1.165, 1.54) is 24.5 Å². The first-order chi connectivity index (χ1) is 21.2. The molecule has 1 aromatic heterocycles. The molecule has 1 heterocycles. The minimum atomic E-state index is -0.566. The number of nitrogens with zero attached hydrogens (tertiary/aromatic N) is 1. The van der Waals surface area contributed by atoms with Gasteiger partial charge in [-0.15, -0.1) is 0 Å². The number of carbonyl (C=O) groups excluding carboxylic acids is 2. The van der Waals surface area contributed by atoms with Crippen LogP contribution in [-0.4, -0.2) is 35.8 Å². The number of carbonyl (C=O) groups is 2. The number of thiol groups is 1. The molecule has 250 valence electrons. The van der Waals surface area contributed by atoms with Crippen LogP contribution in [0.2, 0.25) is 0 Å². The maximum absolute atomic E-state index is 13.2. The van der Waals surface area contributed by atoms with E-state index in [9.17, 15) is 14.0 Å². The summed E-state index contributed by atoms with van der Waals surface area (Å²) in [7, 11) is 1.00. The average molecular weight is 635 g/mol. The molecule has 0 aliphatic heterocycles. The van der Waals surface area contributed by atoms with E-state index >= 15 is 0 Å². The molecule has 0 fully saturated rings. The van der Waals surface area contributed by atoms with Gasteiger partial charge in [-0.3, -0.25) is 9.59 Å². The fourth-order valence-corrected chi connectivity index (χ4v) is 2.39. The van der Waals surface area contributed by atoms with Gasteiger partial charge in [-0.25, -0.2) is 9.37 Å². The van der Waals surface area contributed by atoms with Crippen molar-refractivity contribution in [2.75, 3.05) is 24.0 Å². The number of pyridine rings is 1. The Hall–Kier alpha value is -3.69. The third-order valence-corrected chi connectivity index (χ3v) is 4.52. The lowest BCUT2D eigenvalue weighted by Crippen LogP contribution is -2.15. The van der Waals surface area contributed by atoms with Gasteiger partial charge in [0.05, 0.1) is 11.3 Å². The van der Waals surface area contributed by atoms with Crippen molar-refractivity contribution in [3.63, 3.8) is 0 Å². The standard InChI is InChI=1S/C14H12FN3O2.C9H11N.C4H10.3C2H6.CH4O.CH4S/c1-9-2-5-13(16-7-9)18-14(20)11-6-10(15)3-4-12(11)17-8-19;1-7-3-5-9(6-4-7)8(2)10;1-3-4-2;5*1-2/h2-8H,1H3,(H,17,19)(H,16,18,20);3-6H,2,10H2,1H3;3-4H2,1-2H3;3*1-2H3;2*2H,1H3. The monoisotopic (exact) mass is 634 g/mol. The fraction of sp³-hybridized carbons (Fsp3) is 0.400. The van der Waals surface area contributed by atoms with E-state index in [2.05, 4.69) is 48.7 Å². The lowest BCUT2D eigenvalue weighted by atomic mass is 10.1. The summed E-state index contributed by atoms with van der Waals surface area (Å²) in [4.78, 5) is 26.6. The topological polar surface area (TPSA) is 117 Å². The fourth-order valence-electron chi connectivity index (χ4n) is 2.39. The molecule has 0 unspecified atom stereocenters. The molecule has 0 aliphatic rings. The minimum absolute atomic E-state index is 0.0273. The van der Waals surface area contributed by atoms with Gasteiger partial charge in [0.2, 0.25) is 6.41 Å². The van der Waals surface area contributed by atoms with Gasteiger partial charge in [-0.1, -0.05) is 111 Å². The van der Waals surface area contributed by atoms with Crippen molar-refractivity contribution < 1.29 is 19.1 Å². The molecule has 44 heavy (non-hydrogen) atoms. The number of aliphatic hydroxyl groups excluding tert-OH is 1. The zero-order chi connectivity index (χ0) is 35.5. The Labute approximate surface area is 273 Å². The highest BCUT2D eigenvalue weighted by atomic mass is 32.1. The van der Waals surface area contributed by atoms with E-state index in [0.717, 1.165) is 30.4 Å². The summed E-state index contributed by atoms with van der Waals surface area (Å²) < 4.78 is 13.2. The number of benzene rings is 2. The molecule has 5 N–H and O–H groups in total. The van der Waals surface area contributed by atoms with Crippen LogP contribution >= 0.6 is 12.6 Å². The zero-order valence-corrected chi connectivity index (χ0v) is 30.0. The molecule has 3 aromatic rings. The van der Waals surface area contributed by atoms with Crippen molar-refractivity contribution in [3.05, 3.63) is 95.4 Å². The molecule has 0 saturated heterocycles. The van der Waals surface area contributed by atoms with Crippen molar-refractivity contribution in [1.82, 2.24) is 4.98 Å². The number of aryl methyl sites for hydroxylation is 2. The van der Waals surface area contributed by atoms with Crippen LogP contribution in [0.25, 0.3) is 5.70 Å². The summed E-state index contributed by atoms with van der Waals surface area (Å²) in [5.41, 5.74) is 9.55. The summed E-state index contributed by atoms with van der Waals surface area (Å²) >= 11 is 3.53. The predicted octanol–water partition coefficient (Wildman–Crippen LogP) is 9.31. The van der Waals surface area contributed by atoms with Gasteiger partial charge in [-0.2, -0.15) is 12.6 Å². The second-order valence-electron chi connectivity index (χ2n) is 7.52. The van der Waals surface area contributed by atoms with Crippen LogP contribution in [0.15, 0.2) is 67.4 Å². The first-order valence-electron chi connectivity index (χ1n) is 14.9. The first-order valence-corrected chi connectivity index (χ1v) is 15.8. The van der Waals surface area contributed by atoms with Gasteiger partial charge >= 0.3 is 0 Å². The number of amides is 2. The first kappa shape index (κ1) is 50.0. The maximum Gasteiger partial charge on any atom is 0.259 e. The quantitative estimate of drug-likeness (QED) is 0.137. The zero-order valence-electron chi connectivity index (χ0n) is 29.1. The Kier molecular flexibility index (Phi) is 42.4. The highest BCUT2D eigenvalue weighted by Crippen LogP contribution is 2.18. The van der Waals surface area contributed by atoms with Gasteiger partial charge in [0.15, 0.2) is 0 Å². The molecule has 0 atom stereocenters. The smallest absolute Gasteiger partial charge is 0.259 e. The number of unbranched alkanes of at least 4 members (excludes halogenated alkanes) is 1. The summed E-state index contributed by atoms with van der Waals surface area (Å²) in [5, 5.41) is 11.9. The third-order valence-electron chi connectivity index (χ3n) is 4.52. The lowest BCUT2D eigenvalue weighted by molar-refractivity contribution is -0.105. The second-order valence-corrected chi connectivity index (χ2v) is 7.52. The van der Waals surface area contributed by atoms with Crippen LogP contribution in [0, 0.1) is 19.7 Å². The summed E-state index contributed by atoms with van der Waals surface area (Å²) in [6.45, 7) is 23.9. The van der Waals surface area contributed by atoms with Crippen LogP contribution in [-0.2, 0) is 4.79 Å². The molecule has 7 nitrogen and oxygen atoms in total. The molecule has 2 aromatic carbocycles. The van der Waals surface area contributed by atoms with Gasteiger partial charge in [0.25, 0.3) is 5.91 Å². The summed E-state index contributed by atoms with van der Waals surface area (Å²) in [5.74, 6) is -0.768. The molecule has 2 amide bonds. The lowest BCUT2D eigenvalue weighted by Gasteiger charge is -2.09. The van der Waals surface area contributed by atoms with Crippen molar-refractivity contribution in [2.24, 2.45) is 5.73 Å². The van der Waals surface area contributed by atoms with Gasteiger partial charge < -0.3 is 21.5 Å². The molecule has 0 radical (unpaired) electrons. The number of hydrogen-bond donors (Lipinski definition) is 5. The van der Waals surface area contributed by atoms with Gasteiger partial charge in [0.1, 0.15) is 11.6 Å². The highest BCUT2D eigenvalue weighted by Gasteiger charge is 2.13. The van der Waals surface area contributed by atoms with E-state index in [4.69, 9.17) is 10.8 Å². The Morgan fingerprint density at radius 1 is 0.909 bits per heavy atom. The van der Waals surface area contributed by atoms with Crippen LogP contribution in [0.4, 0.5) is 15.9 Å². The molecule has 0 spiro atoms. The van der Waals surface area contributed by atoms with E-state index in [1.807, 2.05) is 79.7 Å². The number of aromatic nitrogens is 1. The van der Waals surface area contributed by atoms with Crippen LogP contribution in [0.1, 0.15) is 95.3 Å². The Morgan fingerprint density at radius 3 is 1.77 bits per heavy atom. The van der Waals surface area contributed by atoms with Crippen molar-refractivity contribution in [2.45, 2.75) is 82.1 Å². The minimum Gasteiger partial charge on any atom is -0.400 e. The highest BCUT2D eigenvalue weighted by molar-refractivity contribution is 7.79. The van der Waals surface area contributed by atoms with Crippen molar-refractivity contribution in [3.8, 4) is 0 Å². The Bertz CT molecular complexity index is 1080. The van der Waals surface area contributed by atoms with E-state index < -0.39 is 11.7 Å². The van der Waals surface area contributed by atoms with E-state index in [1.54, 1.807) is 24.6 Å². The summed E-state index contributed by atoms with van der Waals surface area (Å²) in [6.07, 6.45) is 6.36. The molecular formula is C35H59FN4O3S. The van der Waals surface area contributed by atoms with Crippen LogP contribution < -0.4 is 16.4 Å². The number of hydrogen-bond acceptors (Lipinski definition) is 6. The summed E-state index contributed by atoms with van der Waals surface area (Å²) in [6, 6.07) is 14.9. The maximum atomic E-state index is 13.2. The number of nitrogens with two attached hydrogens (primary N) is 1. The third kappa shape index (κ3) is 26.0. The second kappa shape index (κ2) is 37.3. The number of nitrogens with one attached hydrogen (secondary N) is 2. The number of halogens is 1. The Balaban J connectivity index is -0.000000177. The van der Waals surface area contributed by atoms with E-state index in [-0.39, 0.29) is 11.3 Å². The number of anilines is 2.